The minimum absolute atomic E-state index is 0.119. The standard InChI is InChI=1S/C14H21N3O2/c1-9(2)19-14-8-17(7-13(14)18)6-12-4-11(5-15)10(3)16-12/h4,9,13-14,16,18H,6-8H2,1-3H3/t13-,14-/m0/s1. The van der Waals surface area contributed by atoms with E-state index in [1.54, 1.807) is 0 Å². The van der Waals surface area contributed by atoms with Crippen LogP contribution in [0.25, 0.3) is 0 Å². The Morgan fingerprint density at radius 3 is 2.89 bits per heavy atom. The number of nitrogens with zero attached hydrogens (tertiary/aromatic N) is 2. The summed E-state index contributed by atoms with van der Waals surface area (Å²) in [5.41, 5.74) is 2.59. The van der Waals surface area contributed by atoms with Gasteiger partial charge in [-0.1, -0.05) is 0 Å². The Balaban J connectivity index is 1.95. The SMILES string of the molecule is Cc1[nH]c(CN2C[C@H](OC(C)C)[C@@H](O)C2)cc1C#N. The molecule has 1 aromatic heterocycles. The molecule has 2 rings (SSSR count). The summed E-state index contributed by atoms with van der Waals surface area (Å²) in [6.45, 7) is 7.88. The van der Waals surface area contributed by atoms with Crippen molar-refractivity contribution in [1.29, 1.82) is 5.26 Å². The third-order valence-electron chi connectivity index (χ3n) is 3.34. The molecule has 0 bridgehead atoms. The number of aryl methyl sites for hydroxylation is 1. The van der Waals surface area contributed by atoms with Gasteiger partial charge in [0.05, 0.1) is 23.9 Å². The van der Waals surface area contributed by atoms with Crippen LogP contribution in [0.3, 0.4) is 0 Å². The molecule has 0 aliphatic carbocycles. The lowest BCUT2D eigenvalue weighted by atomic mass is 10.2. The van der Waals surface area contributed by atoms with Crippen LogP contribution in [-0.4, -0.2) is 46.4 Å². The summed E-state index contributed by atoms with van der Waals surface area (Å²) in [7, 11) is 0. The molecule has 2 atom stereocenters. The summed E-state index contributed by atoms with van der Waals surface area (Å²) < 4.78 is 5.69. The van der Waals surface area contributed by atoms with Crippen LogP contribution in [0.1, 0.15) is 30.8 Å². The highest BCUT2D eigenvalue weighted by Crippen LogP contribution is 2.18. The summed E-state index contributed by atoms with van der Waals surface area (Å²) in [5.74, 6) is 0. The van der Waals surface area contributed by atoms with Crippen molar-refractivity contribution in [1.82, 2.24) is 9.88 Å². The molecule has 5 heteroatoms. The zero-order valence-corrected chi connectivity index (χ0v) is 11.7. The lowest BCUT2D eigenvalue weighted by molar-refractivity contribution is -0.0396. The molecule has 2 N–H and O–H groups in total. The van der Waals surface area contributed by atoms with Gasteiger partial charge in [0.15, 0.2) is 0 Å². The van der Waals surface area contributed by atoms with Gasteiger partial charge in [0, 0.05) is 31.0 Å². The van der Waals surface area contributed by atoms with Gasteiger partial charge in [-0.3, -0.25) is 4.90 Å². The third kappa shape index (κ3) is 3.35. The first-order valence-electron chi connectivity index (χ1n) is 6.64. The van der Waals surface area contributed by atoms with Crippen LogP contribution >= 0.6 is 0 Å². The molecule has 1 aliphatic heterocycles. The number of hydrogen-bond acceptors (Lipinski definition) is 4. The monoisotopic (exact) mass is 263 g/mol. The van der Waals surface area contributed by atoms with Crippen LogP contribution < -0.4 is 0 Å². The van der Waals surface area contributed by atoms with Crippen molar-refractivity contribution >= 4 is 0 Å². The highest BCUT2D eigenvalue weighted by Gasteiger charge is 2.32. The number of nitriles is 1. The van der Waals surface area contributed by atoms with E-state index in [0.717, 1.165) is 17.9 Å². The van der Waals surface area contributed by atoms with E-state index in [0.29, 0.717) is 18.7 Å². The highest BCUT2D eigenvalue weighted by molar-refractivity contribution is 5.35. The van der Waals surface area contributed by atoms with Crippen molar-refractivity contribution in [3.8, 4) is 6.07 Å². The van der Waals surface area contributed by atoms with E-state index in [4.69, 9.17) is 10.00 Å². The number of hydrogen-bond donors (Lipinski definition) is 2. The van der Waals surface area contributed by atoms with Gasteiger partial charge in [0.25, 0.3) is 0 Å². The van der Waals surface area contributed by atoms with E-state index in [1.807, 2.05) is 26.8 Å². The van der Waals surface area contributed by atoms with Gasteiger partial charge in [-0.25, -0.2) is 0 Å². The first-order chi connectivity index (χ1) is 8.99. The first-order valence-corrected chi connectivity index (χ1v) is 6.64. The summed E-state index contributed by atoms with van der Waals surface area (Å²) in [6, 6.07) is 4.03. The lowest BCUT2D eigenvalue weighted by Crippen LogP contribution is -2.29. The minimum atomic E-state index is -0.436. The Hall–Kier alpha value is -1.35. The lowest BCUT2D eigenvalue weighted by Gasteiger charge is -2.18. The number of H-pyrrole nitrogens is 1. The summed E-state index contributed by atoms with van der Waals surface area (Å²) >= 11 is 0. The zero-order chi connectivity index (χ0) is 14.0. The van der Waals surface area contributed by atoms with Crippen LogP contribution in [-0.2, 0) is 11.3 Å². The van der Waals surface area contributed by atoms with Crippen molar-refractivity contribution in [3.05, 3.63) is 23.0 Å². The highest BCUT2D eigenvalue weighted by atomic mass is 16.5. The maximum atomic E-state index is 9.96. The molecule has 1 aliphatic rings. The Kier molecular flexibility index (Phi) is 4.25. The number of ether oxygens (including phenoxy) is 1. The molecule has 0 saturated carbocycles. The van der Waals surface area contributed by atoms with Crippen LogP contribution in [0.2, 0.25) is 0 Å². The van der Waals surface area contributed by atoms with Crippen molar-refractivity contribution in [2.75, 3.05) is 13.1 Å². The average Bonchev–Trinajstić information content (AvgIpc) is 2.82. The van der Waals surface area contributed by atoms with E-state index in [-0.39, 0.29) is 12.2 Å². The number of aliphatic hydroxyl groups excluding tert-OH is 1. The summed E-state index contributed by atoms with van der Waals surface area (Å²) in [4.78, 5) is 5.35. The fraction of sp³-hybridized carbons (Fsp3) is 0.643. The molecule has 0 amide bonds. The second-order valence-corrected chi connectivity index (χ2v) is 5.43. The summed E-state index contributed by atoms with van der Waals surface area (Å²) in [5, 5.41) is 18.9. The van der Waals surface area contributed by atoms with Crippen molar-refractivity contribution in [3.63, 3.8) is 0 Å². The van der Waals surface area contributed by atoms with E-state index in [9.17, 15) is 5.11 Å². The van der Waals surface area contributed by atoms with Crippen molar-refractivity contribution in [2.24, 2.45) is 0 Å². The Morgan fingerprint density at radius 1 is 1.58 bits per heavy atom. The largest absolute Gasteiger partial charge is 0.389 e. The molecule has 0 unspecified atom stereocenters. The molecule has 1 aromatic rings. The van der Waals surface area contributed by atoms with Crippen molar-refractivity contribution in [2.45, 2.75) is 45.6 Å². The Morgan fingerprint density at radius 2 is 2.32 bits per heavy atom. The van der Waals surface area contributed by atoms with E-state index >= 15 is 0 Å². The van der Waals surface area contributed by atoms with Crippen LogP contribution in [0.5, 0.6) is 0 Å². The molecule has 1 saturated heterocycles. The fourth-order valence-corrected chi connectivity index (χ4v) is 2.51. The molecule has 104 valence electrons. The summed E-state index contributed by atoms with van der Waals surface area (Å²) in [6.07, 6.45) is -0.432. The van der Waals surface area contributed by atoms with Gasteiger partial charge in [-0.2, -0.15) is 5.26 Å². The van der Waals surface area contributed by atoms with Crippen molar-refractivity contribution < 1.29 is 9.84 Å². The molecule has 2 heterocycles. The topological polar surface area (TPSA) is 72.3 Å². The number of rotatable bonds is 4. The maximum Gasteiger partial charge on any atom is 0.101 e. The van der Waals surface area contributed by atoms with Gasteiger partial charge in [0.1, 0.15) is 6.07 Å². The van der Waals surface area contributed by atoms with Gasteiger partial charge >= 0.3 is 0 Å². The minimum Gasteiger partial charge on any atom is -0.389 e. The molecule has 0 spiro atoms. The number of aromatic amines is 1. The number of β-amino-alcohol motifs (C(OH)–C–C–N with tert-alkyl or cyclic N) is 1. The first kappa shape index (κ1) is 14.1. The molecular weight excluding hydrogens is 242 g/mol. The number of aliphatic hydroxyl groups is 1. The molecule has 19 heavy (non-hydrogen) atoms. The second-order valence-electron chi connectivity index (χ2n) is 5.43. The molecule has 0 aromatic carbocycles. The maximum absolute atomic E-state index is 9.96. The predicted octanol–water partition coefficient (Wildman–Crippen LogP) is 1.16. The van der Waals surface area contributed by atoms with E-state index < -0.39 is 6.10 Å². The predicted molar refractivity (Wildman–Crippen MR) is 71.5 cm³/mol. The Labute approximate surface area is 113 Å². The Bertz CT molecular complexity index is 476. The molecule has 0 radical (unpaired) electrons. The zero-order valence-electron chi connectivity index (χ0n) is 11.7. The van der Waals surface area contributed by atoms with Gasteiger partial charge in [-0.05, 0) is 26.8 Å². The van der Waals surface area contributed by atoms with Crippen LogP contribution in [0.15, 0.2) is 6.07 Å². The number of aromatic nitrogens is 1. The average molecular weight is 263 g/mol. The second kappa shape index (κ2) is 5.74. The van der Waals surface area contributed by atoms with Crippen LogP contribution in [0, 0.1) is 18.3 Å². The smallest absolute Gasteiger partial charge is 0.101 e. The van der Waals surface area contributed by atoms with Gasteiger partial charge in [-0.15, -0.1) is 0 Å². The molecular formula is C14H21N3O2. The third-order valence-corrected chi connectivity index (χ3v) is 3.34. The molecule has 5 nitrogen and oxygen atoms in total. The fourth-order valence-electron chi connectivity index (χ4n) is 2.51. The van der Waals surface area contributed by atoms with Gasteiger partial charge < -0.3 is 14.8 Å². The molecule has 1 fully saturated rings. The van der Waals surface area contributed by atoms with Gasteiger partial charge in [0.2, 0.25) is 0 Å². The quantitative estimate of drug-likeness (QED) is 0.855. The van der Waals surface area contributed by atoms with E-state index in [1.165, 1.54) is 0 Å². The normalized spacial score (nSPS) is 24.0. The van der Waals surface area contributed by atoms with E-state index in [2.05, 4.69) is 16.0 Å². The number of likely N-dealkylation sites (tertiary alicyclic amines) is 1. The van der Waals surface area contributed by atoms with Crippen LogP contribution in [0.4, 0.5) is 0 Å². The number of nitrogens with one attached hydrogen (secondary N) is 1.